The molecule has 0 saturated carbocycles. The van der Waals surface area contributed by atoms with Crippen LogP contribution in [0.15, 0.2) is 42.9 Å². The summed E-state index contributed by atoms with van der Waals surface area (Å²) in [7, 11) is 0. The number of para-hydroxylation sites is 2. The molecule has 1 unspecified atom stereocenters. The molecule has 0 amide bonds. The molecule has 0 bridgehead atoms. The molecule has 0 aliphatic rings. The van der Waals surface area contributed by atoms with Crippen molar-refractivity contribution in [2.45, 2.75) is 38.9 Å². The Morgan fingerprint density at radius 2 is 2.00 bits per heavy atom. The van der Waals surface area contributed by atoms with Crippen molar-refractivity contribution in [2.24, 2.45) is 5.73 Å². The van der Waals surface area contributed by atoms with Gasteiger partial charge in [-0.1, -0.05) is 12.1 Å². The Labute approximate surface area is 124 Å². The molecule has 2 heterocycles. The average molecular weight is 283 g/mol. The van der Waals surface area contributed by atoms with Crippen LogP contribution in [0.3, 0.4) is 0 Å². The molecule has 21 heavy (non-hydrogen) atoms. The Balaban J connectivity index is 1.69. The van der Waals surface area contributed by atoms with Gasteiger partial charge < -0.3 is 10.3 Å². The van der Waals surface area contributed by atoms with Crippen LogP contribution in [0, 0.1) is 0 Å². The van der Waals surface area contributed by atoms with Crippen LogP contribution in [0.2, 0.25) is 0 Å². The molecule has 1 atom stereocenters. The van der Waals surface area contributed by atoms with Gasteiger partial charge >= 0.3 is 0 Å². The number of rotatable bonds is 5. The molecule has 2 N–H and O–H groups in total. The third kappa shape index (κ3) is 2.97. The SMILES string of the molecule is CC(C)n1ccc(CC(N)Cn2cnc3ccccc32)n1. The highest BCUT2D eigenvalue weighted by Gasteiger charge is 2.10. The van der Waals surface area contributed by atoms with Crippen LogP contribution >= 0.6 is 0 Å². The molecular weight excluding hydrogens is 262 g/mol. The van der Waals surface area contributed by atoms with E-state index < -0.39 is 0 Å². The van der Waals surface area contributed by atoms with E-state index in [-0.39, 0.29) is 6.04 Å². The minimum atomic E-state index is 0.0260. The van der Waals surface area contributed by atoms with Crippen molar-refractivity contribution < 1.29 is 0 Å². The quantitative estimate of drug-likeness (QED) is 0.782. The standard InChI is InChI=1S/C16H21N5/c1-12(2)21-8-7-14(19-21)9-13(17)10-20-11-18-15-5-3-4-6-16(15)20/h3-8,11-13H,9-10,17H2,1-2H3. The summed E-state index contributed by atoms with van der Waals surface area (Å²) in [5.74, 6) is 0. The van der Waals surface area contributed by atoms with Crippen LogP contribution in [0.25, 0.3) is 11.0 Å². The second-order valence-corrected chi connectivity index (χ2v) is 5.73. The topological polar surface area (TPSA) is 61.7 Å². The van der Waals surface area contributed by atoms with Crippen molar-refractivity contribution in [1.82, 2.24) is 19.3 Å². The molecule has 5 nitrogen and oxygen atoms in total. The van der Waals surface area contributed by atoms with Crippen molar-refractivity contribution >= 4 is 11.0 Å². The van der Waals surface area contributed by atoms with E-state index in [2.05, 4.69) is 34.6 Å². The summed E-state index contributed by atoms with van der Waals surface area (Å²) < 4.78 is 4.08. The monoisotopic (exact) mass is 283 g/mol. The van der Waals surface area contributed by atoms with Crippen LogP contribution in [0.1, 0.15) is 25.6 Å². The van der Waals surface area contributed by atoms with Gasteiger partial charge in [-0.2, -0.15) is 5.10 Å². The van der Waals surface area contributed by atoms with Crippen molar-refractivity contribution in [3.8, 4) is 0 Å². The lowest BCUT2D eigenvalue weighted by Crippen LogP contribution is -2.28. The maximum atomic E-state index is 6.28. The zero-order valence-corrected chi connectivity index (χ0v) is 12.5. The largest absolute Gasteiger partial charge is 0.329 e. The lowest BCUT2D eigenvalue weighted by Gasteiger charge is -2.12. The van der Waals surface area contributed by atoms with Crippen LogP contribution < -0.4 is 5.73 Å². The van der Waals surface area contributed by atoms with Gasteiger partial charge in [-0.05, 0) is 32.0 Å². The fraction of sp³-hybridized carbons (Fsp3) is 0.375. The third-order valence-electron chi connectivity index (χ3n) is 3.62. The van der Waals surface area contributed by atoms with Crippen LogP contribution in [-0.2, 0) is 13.0 Å². The highest BCUT2D eigenvalue weighted by atomic mass is 15.3. The lowest BCUT2D eigenvalue weighted by atomic mass is 10.1. The van der Waals surface area contributed by atoms with Crippen LogP contribution in [0.5, 0.6) is 0 Å². The summed E-state index contributed by atoms with van der Waals surface area (Å²) in [4.78, 5) is 4.39. The van der Waals surface area contributed by atoms with Gasteiger partial charge in [0.25, 0.3) is 0 Å². The molecule has 1 aromatic carbocycles. The molecule has 2 aromatic heterocycles. The highest BCUT2D eigenvalue weighted by Crippen LogP contribution is 2.13. The predicted octanol–water partition coefficient (Wildman–Crippen LogP) is 2.38. The Bertz CT molecular complexity index is 725. The second kappa shape index (κ2) is 5.69. The van der Waals surface area contributed by atoms with Crippen molar-refractivity contribution in [3.05, 3.63) is 48.5 Å². The fourth-order valence-corrected chi connectivity index (χ4v) is 2.52. The summed E-state index contributed by atoms with van der Waals surface area (Å²) in [6.45, 7) is 4.98. The molecule has 0 radical (unpaired) electrons. The zero-order valence-electron chi connectivity index (χ0n) is 12.5. The molecule has 0 fully saturated rings. The molecule has 3 aromatic rings. The zero-order chi connectivity index (χ0) is 14.8. The number of hydrogen-bond donors (Lipinski definition) is 1. The van der Waals surface area contributed by atoms with Gasteiger partial charge in [0, 0.05) is 31.2 Å². The van der Waals surface area contributed by atoms with E-state index in [4.69, 9.17) is 5.73 Å². The minimum Gasteiger partial charge on any atom is -0.329 e. The van der Waals surface area contributed by atoms with E-state index >= 15 is 0 Å². The van der Waals surface area contributed by atoms with E-state index in [1.165, 1.54) is 0 Å². The number of fused-ring (bicyclic) bond motifs is 1. The average Bonchev–Trinajstić information content (AvgIpc) is 3.07. The van der Waals surface area contributed by atoms with Gasteiger partial charge in [-0.15, -0.1) is 0 Å². The maximum Gasteiger partial charge on any atom is 0.0958 e. The second-order valence-electron chi connectivity index (χ2n) is 5.73. The third-order valence-corrected chi connectivity index (χ3v) is 3.62. The number of imidazole rings is 1. The normalized spacial score (nSPS) is 13.1. The Hall–Kier alpha value is -2.14. The molecule has 0 saturated heterocycles. The molecular formula is C16H21N5. The molecule has 0 aliphatic carbocycles. The first-order valence-electron chi connectivity index (χ1n) is 7.33. The first kappa shape index (κ1) is 13.8. The van der Waals surface area contributed by atoms with Crippen molar-refractivity contribution in [3.63, 3.8) is 0 Å². The molecule has 3 rings (SSSR count). The Morgan fingerprint density at radius 3 is 2.76 bits per heavy atom. The van der Waals surface area contributed by atoms with Gasteiger partial charge in [0.1, 0.15) is 0 Å². The predicted molar refractivity (Wildman–Crippen MR) is 84.0 cm³/mol. The van der Waals surface area contributed by atoms with Gasteiger partial charge in [0.15, 0.2) is 0 Å². The number of hydrogen-bond acceptors (Lipinski definition) is 3. The summed E-state index contributed by atoms with van der Waals surface area (Å²) in [5, 5.41) is 4.55. The summed E-state index contributed by atoms with van der Waals surface area (Å²) in [5.41, 5.74) is 9.45. The van der Waals surface area contributed by atoms with Crippen molar-refractivity contribution in [1.29, 1.82) is 0 Å². The fourth-order valence-electron chi connectivity index (χ4n) is 2.52. The first-order valence-corrected chi connectivity index (χ1v) is 7.33. The van der Waals surface area contributed by atoms with Gasteiger partial charge in [0.2, 0.25) is 0 Å². The molecule has 0 spiro atoms. The van der Waals surface area contributed by atoms with Gasteiger partial charge in [-0.3, -0.25) is 4.68 Å². The van der Waals surface area contributed by atoms with Crippen LogP contribution in [0.4, 0.5) is 0 Å². The van der Waals surface area contributed by atoms with Gasteiger partial charge in [-0.25, -0.2) is 4.98 Å². The molecule has 110 valence electrons. The maximum absolute atomic E-state index is 6.28. The number of nitrogens with zero attached hydrogens (tertiary/aromatic N) is 4. The Kier molecular flexibility index (Phi) is 3.75. The summed E-state index contributed by atoms with van der Waals surface area (Å²) in [6, 6.07) is 10.6. The number of nitrogens with two attached hydrogens (primary N) is 1. The van der Waals surface area contributed by atoms with Crippen LogP contribution in [-0.4, -0.2) is 25.4 Å². The first-order chi connectivity index (χ1) is 10.1. The number of benzene rings is 1. The summed E-state index contributed by atoms with van der Waals surface area (Å²) >= 11 is 0. The minimum absolute atomic E-state index is 0.0260. The number of aromatic nitrogens is 4. The van der Waals surface area contributed by atoms with E-state index in [9.17, 15) is 0 Å². The van der Waals surface area contributed by atoms with E-state index in [1.54, 1.807) is 0 Å². The Morgan fingerprint density at radius 1 is 1.19 bits per heavy atom. The van der Waals surface area contributed by atoms with E-state index in [1.807, 2.05) is 41.5 Å². The highest BCUT2D eigenvalue weighted by molar-refractivity contribution is 5.74. The smallest absolute Gasteiger partial charge is 0.0958 e. The summed E-state index contributed by atoms with van der Waals surface area (Å²) in [6.07, 6.45) is 4.64. The lowest BCUT2D eigenvalue weighted by molar-refractivity contribution is 0.511. The van der Waals surface area contributed by atoms with E-state index in [0.29, 0.717) is 6.04 Å². The van der Waals surface area contributed by atoms with Gasteiger partial charge in [0.05, 0.1) is 23.1 Å². The molecule has 5 heteroatoms. The van der Waals surface area contributed by atoms with Crippen molar-refractivity contribution in [2.75, 3.05) is 0 Å². The molecule has 0 aliphatic heterocycles. The van der Waals surface area contributed by atoms with E-state index in [0.717, 1.165) is 29.7 Å².